The van der Waals surface area contributed by atoms with Crippen molar-refractivity contribution in [3.63, 3.8) is 0 Å². The largest absolute Gasteiger partial charge is 0.457 e. The molecule has 126 valence electrons. The van der Waals surface area contributed by atoms with E-state index < -0.39 is 0 Å². The zero-order chi connectivity index (χ0) is 16.9. The predicted octanol–water partition coefficient (Wildman–Crippen LogP) is 4.89. The summed E-state index contributed by atoms with van der Waals surface area (Å²) in [6.45, 7) is 0. The van der Waals surface area contributed by atoms with Gasteiger partial charge in [-0.15, -0.1) is 0 Å². The van der Waals surface area contributed by atoms with Crippen molar-refractivity contribution in [2.45, 2.75) is 38.1 Å². The topological polar surface area (TPSA) is 33.5 Å². The van der Waals surface area contributed by atoms with Crippen molar-refractivity contribution < 1.29 is 13.6 Å². The van der Waals surface area contributed by atoms with Crippen LogP contribution in [0, 0.1) is 5.82 Å². The van der Waals surface area contributed by atoms with E-state index in [0.717, 1.165) is 12.8 Å². The Morgan fingerprint density at radius 3 is 2.67 bits per heavy atom. The number of hydrogen-bond donors (Lipinski definition) is 0. The Bertz CT molecular complexity index is 729. The van der Waals surface area contributed by atoms with Crippen LogP contribution >= 0.6 is 0 Å². The molecule has 4 heteroatoms. The Kier molecular flexibility index (Phi) is 5.14. The third kappa shape index (κ3) is 3.75. The van der Waals surface area contributed by atoms with Gasteiger partial charge in [0.25, 0.3) is 0 Å². The minimum absolute atomic E-state index is 0.0225. The van der Waals surface area contributed by atoms with Crippen LogP contribution in [-0.2, 0) is 4.79 Å². The van der Waals surface area contributed by atoms with Crippen molar-refractivity contribution in [3.8, 4) is 11.3 Å². The molecule has 1 heterocycles. The highest BCUT2D eigenvalue weighted by Gasteiger charge is 2.20. The number of nitrogens with zero attached hydrogens (tertiary/aromatic N) is 1. The Balaban J connectivity index is 1.66. The molecule has 0 bridgehead atoms. The molecule has 1 aromatic heterocycles. The number of rotatable bonds is 4. The fourth-order valence-electron chi connectivity index (χ4n) is 3.17. The van der Waals surface area contributed by atoms with E-state index in [1.807, 2.05) is 11.9 Å². The Labute approximate surface area is 141 Å². The average molecular weight is 327 g/mol. The Hall–Kier alpha value is -2.36. The van der Waals surface area contributed by atoms with E-state index in [2.05, 4.69) is 0 Å². The van der Waals surface area contributed by atoms with Crippen LogP contribution in [0.3, 0.4) is 0 Å². The number of carbonyl (C=O) groups excluding carboxylic acids is 1. The number of halogens is 1. The van der Waals surface area contributed by atoms with E-state index in [-0.39, 0.29) is 11.7 Å². The monoisotopic (exact) mass is 327 g/mol. The van der Waals surface area contributed by atoms with E-state index in [4.69, 9.17) is 4.42 Å². The Morgan fingerprint density at radius 1 is 1.17 bits per heavy atom. The van der Waals surface area contributed by atoms with E-state index in [0.29, 0.717) is 23.1 Å². The van der Waals surface area contributed by atoms with Gasteiger partial charge in [0.1, 0.15) is 17.3 Å². The van der Waals surface area contributed by atoms with Crippen LogP contribution in [-0.4, -0.2) is 23.9 Å². The van der Waals surface area contributed by atoms with Crippen LogP contribution in [0.4, 0.5) is 4.39 Å². The maximum absolute atomic E-state index is 13.8. The molecule has 0 aliphatic heterocycles. The van der Waals surface area contributed by atoms with Crippen molar-refractivity contribution in [1.29, 1.82) is 0 Å². The predicted molar refractivity (Wildman–Crippen MR) is 92.8 cm³/mol. The second kappa shape index (κ2) is 7.47. The van der Waals surface area contributed by atoms with Gasteiger partial charge in [-0.1, -0.05) is 31.4 Å². The number of likely N-dealkylation sites (N-methyl/N-ethyl adjacent to an activating group) is 1. The first kappa shape index (κ1) is 16.5. The molecule has 24 heavy (non-hydrogen) atoms. The summed E-state index contributed by atoms with van der Waals surface area (Å²) in [5.74, 6) is 0.653. The van der Waals surface area contributed by atoms with Gasteiger partial charge in [0, 0.05) is 19.2 Å². The molecule has 1 aromatic carbocycles. The molecule has 2 aromatic rings. The summed E-state index contributed by atoms with van der Waals surface area (Å²) in [5.41, 5.74) is 0.419. The molecule has 3 nitrogen and oxygen atoms in total. The summed E-state index contributed by atoms with van der Waals surface area (Å²) < 4.78 is 19.4. The fourth-order valence-corrected chi connectivity index (χ4v) is 3.17. The number of hydrogen-bond acceptors (Lipinski definition) is 2. The van der Waals surface area contributed by atoms with Gasteiger partial charge in [-0.2, -0.15) is 0 Å². The van der Waals surface area contributed by atoms with Crippen molar-refractivity contribution >= 4 is 12.0 Å². The molecule has 3 rings (SSSR count). The maximum atomic E-state index is 13.8. The molecular formula is C20H22FNO2. The van der Waals surface area contributed by atoms with Crippen LogP contribution in [0.2, 0.25) is 0 Å². The van der Waals surface area contributed by atoms with Gasteiger partial charge in [0.15, 0.2) is 0 Å². The molecule has 1 aliphatic carbocycles. The van der Waals surface area contributed by atoms with Crippen LogP contribution in [0.25, 0.3) is 17.4 Å². The van der Waals surface area contributed by atoms with E-state index in [9.17, 15) is 9.18 Å². The van der Waals surface area contributed by atoms with E-state index >= 15 is 0 Å². The SMILES string of the molecule is CN(C(=O)/C=C/c1ccc(-c2ccccc2F)o1)C1CCCCC1. The standard InChI is InChI=1S/C20H22FNO2/c1-22(15-7-3-2-4-8-15)20(23)14-12-16-11-13-19(24-16)17-9-5-6-10-18(17)21/h5-6,9-15H,2-4,7-8H2,1H3/b14-12+. The van der Waals surface area contributed by atoms with E-state index in [1.54, 1.807) is 36.4 Å². The maximum Gasteiger partial charge on any atom is 0.246 e. The summed E-state index contributed by atoms with van der Waals surface area (Å²) >= 11 is 0. The zero-order valence-electron chi connectivity index (χ0n) is 13.9. The normalized spacial score (nSPS) is 15.8. The number of furan rings is 1. The summed E-state index contributed by atoms with van der Waals surface area (Å²) in [6.07, 6.45) is 8.97. The summed E-state index contributed by atoms with van der Waals surface area (Å²) in [4.78, 5) is 14.1. The van der Waals surface area contributed by atoms with Gasteiger partial charge in [0.05, 0.1) is 5.56 Å². The highest BCUT2D eigenvalue weighted by molar-refractivity contribution is 5.91. The van der Waals surface area contributed by atoms with Gasteiger partial charge in [-0.25, -0.2) is 4.39 Å². The lowest BCUT2D eigenvalue weighted by atomic mass is 9.94. The fraction of sp³-hybridized carbons (Fsp3) is 0.350. The number of amides is 1. The first-order valence-electron chi connectivity index (χ1n) is 8.45. The third-order valence-electron chi connectivity index (χ3n) is 4.63. The van der Waals surface area contributed by atoms with Gasteiger partial charge < -0.3 is 9.32 Å². The van der Waals surface area contributed by atoms with Crippen LogP contribution in [0.1, 0.15) is 37.9 Å². The molecule has 0 radical (unpaired) electrons. The summed E-state index contributed by atoms with van der Waals surface area (Å²) in [5, 5.41) is 0. The molecule has 0 N–H and O–H groups in total. The van der Waals surface area contributed by atoms with Crippen LogP contribution in [0.5, 0.6) is 0 Å². The van der Waals surface area contributed by atoms with Gasteiger partial charge >= 0.3 is 0 Å². The number of carbonyl (C=O) groups is 1. The minimum atomic E-state index is -0.324. The zero-order valence-corrected chi connectivity index (χ0v) is 13.9. The molecule has 0 spiro atoms. The molecule has 0 unspecified atom stereocenters. The highest BCUT2D eigenvalue weighted by atomic mass is 19.1. The quantitative estimate of drug-likeness (QED) is 0.749. The molecule has 0 saturated heterocycles. The van der Waals surface area contributed by atoms with Crippen LogP contribution in [0.15, 0.2) is 46.9 Å². The molecule has 1 amide bonds. The lowest BCUT2D eigenvalue weighted by Gasteiger charge is -2.30. The van der Waals surface area contributed by atoms with Gasteiger partial charge in [-0.05, 0) is 43.2 Å². The minimum Gasteiger partial charge on any atom is -0.457 e. The van der Waals surface area contributed by atoms with Gasteiger partial charge in [-0.3, -0.25) is 4.79 Å². The molecule has 1 saturated carbocycles. The van der Waals surface area contributed by atoms with Crippen molar-refractivity contribution in [2.75, 3.05) is 7.05 Å². The van der Waals surface area contributed by atoms with Crippen molar-refractivity contribution in [1.82, 2.24) is 4.90 Å². The Morgan fingerprint density at radius 2 is 1.92 bits per heavy atom. The summed E-state index contributed by atoms with van der Waals surface area (Å²) in [7, 11) is 1.86. The smallest absolute Gasteiger partial charge is 0.246 e. The molecular weight excluding hydrogens is 305 g/mol. The van der Waals surface area contributed by atoms with E-state index in [1.165, 1.54) is 31.4 Å². The molecule has 1 fully saturated rings. The molecule has 0 atom stereocenters. The van der Waals surface area contributed by atoms with Crippen LogP contribution < -0.4 is 0 Å². The van der Waals surface area contributed by atoms with Crippen molar-refractivity contribution in [3.05, 3.63) is 54.1 Å². The first-order chi connectivity index (χ1) is 11.6. The third-order valence-corrected chi connectivity index (χ3v) is 4.63. The van der Waals surface area contributed by atoms with Gasteiger partial charge in [0.2, 0.25) is 5.91 Å². The lowest BCUT2D eigenvalue weighted by molar-refractivity contribution is -0.127. The van der Waals surface area contributed by atoms with Crippen molar-refractivity contribution in [2.24, 2.45) is 0 Å². The molecule has 1 aliphatic rings. The summed E-state index contributed by atoms with van der Waals surface area (Å²) in [6, 6.07) is 10.3. The lowest BCUT2D eigenvalue weighted by Crippen LogP contribution is -2.37. The first-order valence-corrected chi connectivity index (χ1v) is 8.45. The second-order valence-electron chi connectivity index (χ2n) is 6.26. The average Bonchev–Trinajstić information content (AvgIpc) is 3.09. The second-order valence-corrected chi connectivity index (χ2v) is 6.26. The highest BCUT2D eigenvalue weighted by Crippen LogP contribution is 2.25. The number of benzene rings is 1.